The second-order valence-electron chi connectivity index (χ2n) is 6.58. The number of hydrogen-bond acceptors (Lipinski definition) is 3. The predicted molar refractivity (Wildman–Crippen MR) is 99.7 cm³/mol. The van der Waals surface area contributed by atoms with Crippen LogP contribution in [0.4, 0.5) is 10.1 Å². The smallest absolute Gasteiger partial charge is 0.276 e. The highest BCUT2D eigenvalue weighted by Crippen LogP contribution is 2.26. The first kappa shape index (κ1) is 17.8. The van der Waals surface area contributed by atoms with Gasteiger partial charge in [0.1, 0.15) is 5.82 Å². The van der Waals surface area contributed by atoms with Crippen molar-refractivity contribution in [3.63, 3.8) is 0 Å². The van der Waals surface area contributed by atoms with Crippen LogP contribution in [0.2, 0.25) is 0 Å². The van der Waals surface area contributed by atoms with Crippen molar-refractivity contribution in [2.45, 2.75) is 33.7 Å². The maximum atomic E-state index is 13.4. The molecule has 3 rings (SSSR count). The third-order valence-electron chi connectivity index (χ3n) is 4.17. The third kappa shape index (κ3) is 3.64. The van der Waals surface area contributed by atoms with Crippen LogP contribution in [0.3, 0.4) is 0 Å². The lowest BCUT2D eigenvalue weighted by Crippen LogP contribution is -2.14. The minimum absolute atomic E-state index is 0.182. The van der Waals surface area contributed by atoms with Crippen molar-refractivity contribution in [1.82, 2.24) is 14.8 Å². The predicted octanol–water partition coefficient (Wildman–Crippen LogP) is 4.53. The highest BCUT2D eigenvalue weighted by atomic mass is 19.1. The molecule has 0 bridgehead atoms. The first-order chi connectivity index (χ1) is 12.3. The normalized spacial score (nSPS) is 11.0. The van der Waals surface area contributed by atoms with E-state index in [1.165, 1.54) is 6.07 Å². The lowest BCUT2D eigenvalue weighted by molar-refractivity contribution is 0.102. The van der Waals surface area contributed by atoms with Gasteiger partial charge in [0.25, 0.3) is 5.91 Å². The summed E-state index contributed by atoms with van der Waals surface area (Å²) in [5, 5.41) is 7.27. The van der Waals surface area contributed by atoms with Gasteiger partial charge in [-0.25, -0.2) is 4.39 Å². The maximum absolute atomic E-state index is 13.4. The Morgan fingerprint density at radius 1 is 1.12 bits per heavy atom. The van der Waals surface area contributed by atoms with E-state index < -0.39 is 5.82 Å². The van der Waals surface area contributed by atoms with Crippen LogP contribution in [0.1, 0.15) is 41.6 Å². The molecule has 0 fully saturated rings. The summed E-state index contributed by atoms with van der Waals surface area (Å²) in [5.41, 5.74) is 4.30. The number of benzene rings is 1. The van der Waals surface area contributed by atoms with Crippen LogP contribution in [-0.4, -0.2) is 20.7 Å². The zero-order chi connectivity index (χ0) is 18.8. The first-order valence-corrected chi connectivity index (χ1v) is 8.44. The summed E-state index contributed by atoms with van der Waals surface area (Å²) in [6, 6.07) is 8.94. The van der Waals surface area contributed by atoms with Gasteiger partial charge in [0.05, 0.1) is 6.20 Å². The molecule has 2 heterocycles. The number of nitrogens with zero attached hydrogens (tertiary/aromatic N) is 3. The number of hydrogen-bond donors (Lipinski definition) is 1. The number of pyridine rings is 1. The zero-order valence-electron chi connectivity index (χ0n) is 15.2. The Morgan fingerprint density at radius 3 is 2.54 bits per heavy atom. The summed E-state index contributed by atoms with van der Waals surface area (Å²) in [4.78, 5) is 16.5. The third-order valence-corrected chi connectivity index (χ3v) is 4.17. The summed E-state index contributed by atoms with van der Waals surface area (Å²) >= 11 is 0. The fourth-order valence-corrected chi connectivity index (χ4v) is 2.81. The van der Waals surface area contributed by atoms with Gasteiger partial charge in [-0.3, -0.25) is 14.5 Å². The molecule has 0 saturated heterocycles. The summed E-state index contributed by atoms with van der Waals surface area (Å²) in [6.45, 7) is 7.86. The van der Waals surface area contributed by atoms with E-state index in [1.54, 1.807) is 12.3 Å². The number of nitrogens with one attached hydrogen (secondary N) is 1. The molecule has 6 heteroatoms. The Bertz CT molecular complexity index is 962. The highest BCUT2D eigenvalue weighted by Gasteiger charge is 2.15. The summed E-state index contributed by atoms with van der Waals surface area (Å²) < 4.78 is 15.2. The van der Waals surface area contributed by atoms with E-state index in [-0.39, 0.29) is 11.9 Å². The molecule has 0 aliphatic rings. The van der Waals surface area contributed by atoms with Gasteiger partial charge in [0.15, 0.2) is 5.69 Å². The Kier molecular flexibility index (Phi) is 4.84. The standard InChI is InChI=1S/C20H21FN4O/c1-12(2)25-14(4)7-19(24-25)20(26)23-18-9-15(6-5-13(18)3)16-8-17(21)11-22-10-16/h5-12H,1-4H3,(H,23,26). The van der Waals surface area contributed by atoms with Crippen molar-refractivity contribution in [2.24, 2.45) is 0 Å². The second kappa shape index (κ2) is 7.07. The molecule has 0 radical (unpaired) electrons. The topological polar surface area (TPSA) is 59.8 Å². The molecule has 0 spiro atoms. The number of rotatable bonds is 4. The molecule has 0 aliphatic heterocycles. The van der Waals surface area contributed by atoms with Gasteiger partial charge >= 0.3 is 0 Å². The molecule has 0 unspecified atom stereocenters. The lowest BCUT2D eigenvalue weighted by Gasteiger charge is -2.10. The first-order valence-electron chi connectivity index (χ1n) is 8.44. The molecule has 0 saturated carbocycles. The largest absolute Gasteiger partial charge is 0.320 e. The van der Waals surface area contributed by atoms with Crippen molar-refractivity contribution in [3.8, 4) is 11.1 Å². The van der Waals surface area contributed by atoms with E-state index in [4.69, 9.17) is 0 Å². The number of halogens is 1. The quantitative estimate of drug-likeness (QED) is 0.750. The van der Waals surface area contributed by atoms with Crippen molar-refractivity contribution in [3.05, 3.63) is 65.5 Å². The van der Waals surface area contributed by atoms with Crippen LogP contribution in [0.15, 0.2) is 42.7 Å². The monoisotopic (exact) mass is 352 g/mol. The fourth-order valence-electron chi connectivity index (χ4n) is 2.81. The van der Waals surface area contributed by atoms with Crippen molar-refractivity contribution < 1.29 is 9.18 Å². The molecule has 5 nitrogen and oxygen atoms in total. The summed E-state index contributed by atoms with van der Waals surface area (Å²) in [6.07, 6.45) is 2.75. The molecule has 1 aromatic carbocycles. The molecule has 134 valence electrons. The number of aryl methyl sites for hydroxylation is 2. The van der Waals surface area contributed by atoms with Gasteiger partial charge in [-0.1, -0.05) is 12.1 Å². The Hall–Kier alpha value is -3.02. The molecule has 2 aromatic heterocycles. The van der Waals surface area contributed by atoms with E-state index in [1.807, 2.05) is 50.6 Å². The second-order valence-corrected chi connectivity index (χ2v) is 6.58. The van der Waals surface area contributed by atoms with Crippen molar-refractivity contribution in [1.29, 1.82) is 0 Å². The molecular formula is C20H21FN4O. The fraction of sp³-hybridized carbons (Fsp3) is 0.250. The van der Waals surface area contributed by atoms with Crippen LogP contribution in [-0.2, 0) is 0 Å². The van der Waals surface area contributed by atoms with E-state index in [0.717, 1.165) is 23.0 Å². The van der Waals surface area contributed by atoms with E-state index in [0.29, 0.717) is 16.9 Å². The zero-order valence-corrected chi connectivity index (χ0v) is 15.2. The van der Waals surface area contributed by atoms with Gasteiger partial charge in [0.2, 0.25) is 0 Å². The lowest BCUT2D eigenvalue weighted by atomic mass is 10.0. The Balaban J connectivity index is 1.89. The average Bonchev–Trinajstić information content (AvgIpc) is 2.99. The van der Waals surface area contributed by atoms with Gasteiger partial charge in [0, 0.05) is 29.2 Å². The number of carbonyl (C=O) groups is 1. The molecular weight excluding hydrogens is 331 g/mol. The van der Waals surface area contributed by atoms with Crippen LogP contribution >= 0.6 is 0 Å². The van der Waals surface area contributed by atoms with Crippen LogP contribution in [0, 0.1) is 19.7 Å². The van der Waals surface area contributed by atoms with Crippen LogP contribution in [0.5, 0.6) is 0 Å². The molecule has 3 aromatic rings. The van der Waals surface area contributed by atoms with Gasteiger partial charge in [-0.2, -0.15) is 5.10 Å². The molecule has 26 heavy (non-hydrogen) atoms. The van der Waals surface area contributed by atoms with Crippen molar-refractivity contribution in [2.75, 3.05) is 5.32 Å². The van der Waals surface area contributed by atoms with Crippen LogP contribution in [0.25, 0.3) is 11.1 Å². The molecule has 0 atom stereocenters. The number of anilines is 1. The van der Waals surface area contributed by atoms with E-state index >= 15 is 0 Å². The van der Waals surface area contributed by atoms with E-state index in [2.05, 4.69) is 15.4 Å². The van der Waals surface area contributed by atoms with Gasteiger partial charge in [-0.15, -0.1) is 0 Å². The Labute approximate surface area is 151 Å². The molecule has 0 aliphatic carbocycles. The number of aromatic nitrogens is 3. The van der Waals surface area contributed by atoms with Gasteiger partial charge in [-0.05, 0) is 57.0 Å². The maximum Gasteiger partial charge on any atom is 0.276 e. The van der Waals surface area contributed by atoms with Crippen molar-refractivity contribution >= 4 is 11.6 Å². The SMILES string of the molecule is Cc1ccc(-c2cncc(F)c2)cc1NC(=O)c1cc(C)n(C(C)C)n1. The van der Waals surface area contributed by atoms with Gasteiger partial charge < -0.3 is 5.32 Å². The highest BCUT2D eigenvalue weighted by molar-refractivity contribution is 6.03. The average molecular weight is 352 g/mol. The number of carbonyl (C=O) groups excluding carboxylic acids is 1. The van der Waals surface area contributed by atoms with E-state index in [9.17, 15) is 9.18 Å². The summed E-state index contributed by atoms with van der Waals surface area (Å²) in [5.74, 6) is -0.673. The summed E-state index contributed by atoms with van der Waals surface area (Å²) in [7, 11) is 0. The molecule has 1 amide bonds. The minimum atomic E-state index is -0.400. The minimum Gasteiger partial charge on any atom is -0.320 e. The Morgan fingerprint density at radius 2 is 1.88 bits per heavy atom. The molecule has 1 N–H and O–H groups in total. The number of amides is 1. The van der Waals surface area contributed by atoms with Crippen LogP contribution < -0.4 is 5.32 Å².